The van der Waals surface area contributed by atoms with Crippen LogP contribution in [0, 0.1) is 12.7 Å². The fourth-order valence-electron chi connectivity index (χ4n) is 1.52. The molecule has 0 amide bonds. The van der Waals surface area contributed by atoms with Crippen LogP contribution in [-0.4, -0.2) is 15.5 Å². The predicted molar refractivity (Wildman–Crippen MR) is 68.5 cm³/mol. The maximum Gasteiger partial charge on any atom is 0.446 e. The zero-order valence-electron chi connectivity index (χ0n) is 10.2. The molecule has 8 heteroatoms. The molecule has 0 spiro atoms. The molecule has 0 aliphatic rings. The molecule has 1 aromatic carbocycles. The molecule has 0 fully saturated rings. The maximum absolute atomic E-state index is 13.3. The van der Waals surface area contributed by atoms with Gasteiger partial charge in [-0.05, 0) is 30.8 Å². The van der Waals surface area contributed by atoms with E-state index in [0.717, 1.165) is 0 Å². The first-order chi connectivity index (χ1) is 9.26. The molecule has 0 radical (unpaired) electrons. The second kappa shape index (κ2) is 5.28. The van der Waals surface area contributed by atoms with E-state index < -0.39 is 11.3 Å². The van der Waals surface area contributed by atoms with Crippen molar-refractivity contribution in [1.29, 1.82) is 0 Å². The van der Waals surface area contributed by atoms with Crippen molar-refractivity contribution < 1.29 is 17.6 Å². The van der Waals surface area contributed by atoms with Gasteiger partial charge >= 0.3 is 5.51 Å². The number of hydrogen-bond donors (Lipinski definition) is 1. The van der Waals surface area contributed by atoms with Gasteiger partial charge < -0.3 is 5.73 Å². The SMILES string of the molecule is Cc1nc(-c2ccc(SC(F)(F)F)cc2)nc(N)c1F. The third kappa shape index (κ3) is 3.38. The summed E-state index contributed by atoms with van der Waals surface area (Å²) in [6.45, 7) is 1.44. The topological polar surface area (TPSA) is 51.8 Å². The van der Waals surface area contributed by atoms with Crippen LogP contribution in [0.25, 0.3) is 11.4 Å². The van der Waals surface area contributed by atoms with Crippen LogP contribution in [0.4, 0.5) is 23.4 Å². The molecule has 2 aromatic rings. The van der Waals surface area contributed by atoms with Crippen LogP contribution in [0.15, 0.2) is 29.2 Å². The van der Waals surface area contributed by atoms with Gasteiger partial charge in [0.2, 0.25) is 0 Å². The van der Waals surface area contributed by atoms with Crippen LogP contribution >= 0.6 is 11.8 Å². The molecule has 0 aliphatic heterocycles. The van der Waals surface area contributed by atoms with Crippen molar-refractivity contribution in [2.45, 2.75) is 17.3 Å². The molecule has 3 nitrogen and oxygen atoms in total. The minimum absolute atomic E-state index is 0.0491. The van der Waals surface area contributed by atoms with Crippen LogP contribution in [0.1, 0.15) is 5.69 Å². The first-order valence-electron chi connectivity index (χ1n) is 5.42. The fraction of sp³-hybridized carbons (Fsp3) is 0.167. The van der Waals surface area contributed by atoms with E-state index in [-0.39, 0.29) is 34.0 Å². The Morgan fingerprint density at radius 2 is 1.70 bits per heavy atom. The Bertz CT molecular complexity index is 603. The van der Waals surface area contributed by atoms with Crippen molar-refractivity contribution >= 4 is 17.6 Å². The number of aromatic nitrogens is 2. The highest BCUT2D eigenvalue weighted by Gasteiger charge is 2.29. The fourth-order valence-corrected chi connectivity index (χ4v) is 2.06. The number of nitrogen functional groups attached to an aromatic ring is 1. The van der Waals surface area contributed by atoms with E-state index in [0.29, 0.717) is 5.56 Å². The quantitative estimate of drug-likeness (QED) is 0.677. The third-order valence-electron chi connectivity index (χ3n) is 2.39. The predicted octanol–water partition coefficient (Wildman–Crippen LogP) is 3.79. The molecule has 20 heavy (non-hydrogen) atoms. The van der Waals surface area contributed by atoms with Crippen LogP contribution in [-0.2, 0) is 0 Å². The highest BCUT2D eigenvalue weighted by atomic mass is 32.2. The molecule has 2 N–H and O–H groups in total. The van der Waals surface area contributed by atoms with Gasteiger partial charge in [0.1, 0.15) is 0 Å². The number of anilines is 1. The molecule has 2 rings (SSSR count). The highest BCUT2D eigenvalue weighted by Crippen LogP contribution is 2.37. The van der Waals surface area contributed by atoms with E-state index in [4.69, 9.17) is 5.73 Å². The van der Waals surface area contributed by atoms with E-state index in [1.807, 2.05) is 0 Å². The molecular weight excluding hydrogens is 294 g/mol. The average molecular weight is 303 g/mol. The Kier molecular flexibility index (Phi) is 3.85. The lowest BCUT2D eigenvalue weighted by molar-refractivity contribution is -0.0328. The standard InChI is InChI=1S/C12H9F4N3S/c1-6-9(13)10(17)19-11(18-6)7-2-4-8(5-3-7)20-12(14,15)16/h2-5H,1H3,(H2,17,18,19). The number of thioether (sulfide) groups is 1. The van der Waals surface area contributed by atoms with E-state index in [9.17, 15) is 17.6 Å². The number of halogens is 4. The van der Waals surface area contributed by atoms with Gasteiger partial charge in [-0.2, -0.15) is 13.2 Å². The molecule has 0 atom stereocenters. The molecule has 1 aromatic heterocycles. The van der Waals surface area contributed by atoms with Crippen LogP contribution < -0.4 is 5.73 Å². The van der Waals surface area contributed by atoms with Crippen molar-refractivity contribution in [3.63, 3.8) is 0 Å². The lowest BCUT2D eigenvalue weighted by Crippen LogP contribution is -2.03. The molecule has 0 aliphatic carbocycles. The molecule has 0 bridgehead atoms. The van der Waals surface area contributed by atoms with Gasteiger partial charge in [-0.15, -0.1) is 0 Å². The lowest BCUT2D eigenvalue weighted by atomic mass is 10.2. The van der Waals surface area contributed by atoms with Gasteiger partial charge in [-0.25, -0.2) is 14.4 Å². The van der Waals surface area contributed by atoms with Crippen molar-refractivity contribution in [2.75, 3.05) is 5.73 Å². The summed E-state index contributed by atoms with van der Waals surface area (Å²) in [6, 6.07) is 5.46. The number of hydrogen-bond acceptors (Lipinski definition) is 4. The van der Waals surface area contributed by atoms with Gasteiger partial charge in [-0.3, -0.25) is 0 Å². The Labute approximate surface area is 116 Å². The summed E-state index contributed by atoms with van der Waals surface area (Å²) in [7, 11) is 0. The van der Waals surface area contributed by atoms with E-state index >= 15 is 0 Å². The summed E-state index contributed by atoms with van der Waals surface area (Å²) < 4.78 is 49.9. The zero-order valence-corrected chi connectivity index (χ0v) is 11.0. The zero-order chi connectivity index (χ0) is 14.9. The monoisotopic (exact) mass is 303 g/mol. The normalized spacial score (nSPS) is 11.7. The van der Waals surface area contributed by atoms with Crippen molar-refractivity contribution in [2.24, 2.45) is 0 Å². The Morgan fingerprint density at radius 1 is 1.10 bits per heavy atom. The lowest BCUT2D eigenvalue weighted by Gasteiger charge is -2.07. The second-order valence-electron chi connectivity index (χ2n) is 3.90. The largest absolute Gasteiger partial charge is 0.446 e. The van der Waals surface area contributed by atoms with Crippen LogP contribution in [0.2, 0.25) is 0 Å². The minimum atomic E-state index is -4.34. The Morgan fingerprint density at radius 3 is 2.20 bits per heavy atom. The first kappa shape index (κ1) is 14.6. The maximum atomic E-state index is 13.3. The summed E-state index contributed by atoms with van der Waals surface area (Å²) in [5.74, 6) is -0.816. The molecule has 1 heterocycles. The van der Waals surface area contributed by atoms with Gasteiger partial charge in [0.05, 0.1) is 5.69 Å². The van der Waals surface area contributed by atoms with Gasteiger partial charge in [0.25, 0.3) is 0 Å². The van der Waals surface area contributed by atoms with E-state index in [2.05, 4.69) is 9.97 Å². The third-order valence-corrected chi connectivity index (χ3v) is 3.13. The second-order valence-corrected chi connectivity index (χ2v) is 5.04. The van der Waals surface area contributed by atoms with Crippen molar-refractivity contribution in [3.05, 3.63) is 35.8 Å². The van der Waals surface area contributed by atoms with Crippen LogP contribution in [0.5, 0.6) is 0 Å². The summed E-state index contributed by atoms with van der Waals surface area (Å²) in [5.41, 5.74) is 1.60. The van der Waals surface area contributed by atoms with Crippen molar-refractivity contribution in [1.82, 2.24) is 9.97 Å². The Hall–Kier alpha value is -1.83. The van der Waals surface area contributed by atoms with Crippen LogP contribution in [0.3, 0.4) is 0 Å². The first-order valence-corrected chi connectivity index (χ1v) is 6.24. The van der Waals surface area contributed by atoms with E-state index in [1.54, 1.807) is 0 Å². The van der Waals surface area contributed by atoms with Gasteiger partial charge in [0.15, 0.2) is 17.5 Å². The van der Waals surface area contributed by atoms with Gasteiger partial charge in [-0.1, -0.05) is 12.1 Å². The number of nitrogens with zero attached hydrogens (tertiary/aromatic N) is 2. The number of alkyl halides is 3. The highest BCUT2D eigenvalue weighted by molar-refractivity contribution is 8.00. The molecular formula is C12H9F4N3S. The summed E-state index contributed by atoms with van der Waals surface area (Å²) in [5, 5.41) is 0. The number of aryl methyl sites for hydroxylation is 1. The van der Waals surface area contributed by atoms with E-state index in [1.165, 1.54) is 31.2 Å². The average Bonchev–Trinajstić information content (AvgIpc) is 2.34. The summed E-state index contributed by atoms with van der Waals surface area (Å²) in [6.07, 6.45) is 0. The molecule has 106 valence electrons. The molecule has 0 saturated heterocycles. The summed E-state index contributed by atoms with van der Waals surface area (Å²) >= 11 is -0.212. The number of nitrogens with two attached hydrogens (primary N) is 1. The Balaban J connectivity index is 2.31. The van der Waals surface area contributed by atoms with Gasteiger partial charge in [0, 0.05) is 10.5 Å². The number of rotatable bonds is 2. The smallest absolute Gasteiger partial charge is 0.381 e. The summed E-state index contributed by atoms with van der Waals surface area (Å²) in [4.78, 5) is 7.73. The van der Waals surface area contributed by atoms with Crippen molar-refractivity contribution in [3.8, 4) is 11.4 Å². The number of benzene rings is 1. The minimum Gasteiger partial charge on any atom is -0.381 e. The molecule has 0 saturated carbocycles. The molecule has 0 unspecified atom stereocenters.